The number of nitrogens with two attached hydrogens (primary N) is 1. The van der Waals surface area contributed by atoms with Gasteiger partial charge in [-0.25, -0.2) is 4.68 Å². The van der Waals surface area contributed by atoms with Crippen molar-refractivity contribution < 1.29 is 9.84 Å². The first kappa shape index (κ1) is 11.8. The fourth-order valence-electron chi connectivity index (χ4n) is 1.61. The molecule has 0 aliphatic heterocycles. The summed E-state index contributed by atoms with van der Waals surface area (Å²) in [5.74, 6) is 0.520. The molecule has 92 valence electrons. The van der Waals surface area contributed by atoms with Gasteiger partial charge in [0.05, 0.1) is 5.69 Å². The van der Waals surface area contributed by atoms with Gasteiger partial charge in [0, 0.05) is 7.05 Å². The molecule has 0 saturated heterocycles. The summed E-state index contributed by atoms with van der Waals surface area (Å²) in [6.45, 7) is 1.72. The lowest BCUT2D eigenvalue weighted by atomic mass is 10.2. The standard InChI is InChI=1S/C12H12N4O2/c1-7-8(6-13)12(16(2)15-7)18-10-5-3-4-9(17)11(10)14/h3-5,17H,14H2,1-2H3. The summed E-state index contributed by atoms with van der Waals surface area (Å²) < 4.78 is 7.01. The fraction of sp³-hybridized carbons (Fsp3) is 0.167. The Kier molecular flexibility index (Phi) is 2.81. The molecule has 18 heavy (non-hydrogen) atoms. The number of anilines is 1. The second kappa shape index (κ2) is 4.30. The Morgan fingerprint density at radius 2 is 2.22 bits per heavy atom. The first-order valence-corrected chi connectivity index (χ1v) is 5.23. The molecule has 0 amide bonds. The molecule has 1 aromatic carbocycles. The van der Waals surface area contributed by atoms with E-state index in [9.17, 15) is 5.11 Å². The predicted octanol–water partition coefficient (Wildman–Crippen LogP) is 1.68. The third-order valence-corrected chi connectivity index (χ3v) is 2.53. The van der Waals surface area contributed by atoms with Gasteiger partial charge < -0.3 is 15.6 Å². The summed E-state index contributed by atoms with van der Waals surface area (Å²) in [6, 6.07) is 6.70. The zero-order chi connectivity index (χ0) is 13.3. The van der Waals surface area contributed by atoms with E-state index in [0.29, 0.717) is 17.1 Å². The molecule has 0 bridgehead atoms. The highest BCUT2D eigenvalue weighted by Crippen LogP contribution is 2.35. The van der Waals surface area contributed by atoms with Crippen molar-refractivity contribution in [3.63, 3.8) is 0 Å². The van der Waals surface area contributed by atoms with Crippen LogP contribution in [0.4, 0.5) is 5.69 Å². The highest BCUT2D eigenvalue weighted by Gasteiger charge is 2.16. The molecule has 0 fully saturated rings. The Hall–Kier alpha value is -2.68. The van der Waals surface area contributed by atoms with E-state index in [4.69, 9.17) is 15.7 Å². The zero-order valence-corrected chi connectivity index (χ0v) is 10.0. The molecular weight excluding hydrogens is 232 g/mol. The summed E-state index contributed by atoms with van der Waals surface area (Å²) in [4.78, 5) is 0. The van der Waals surface area contributed by atoms with Crippen LogP contribution in [-0.2, 0) is 7.05 Å². The molecule has 6 heteroatoms. The summed E-state index contributed by atoms with van der Waals surface area (Å²) in [5, 5.41) is 22.6. The summed E-state index contributed by atoms with van der Waals surface area (Å²) in [6.07, 6.45) is 0. The molecule has 3 N–H and O–H groups in total. The van der Waals surface area contributed by atoms with E-state index >= 15 is 0 Å². The number of aromatic nitrogens is 2. The third-order valence-electron chi connectivity index (χ3n) is 2.53. The second-order valence-corrected chi connectivity index (χ2v) is 3.79. The minimum Gasteiger partial charge on any atom is -0.506 e. The topological polar surface area (TPSA) is 97.1 Å². The van der Waals surface area contributed by atoms with Gasteiger partial charge in [0.15, 0.2) is 5.75 Å². The van der Waals surface area contributed by atoms with Crippen molar-refractivity contribution in [2.75, 3.05) is 5.73 Å². The maximum atomic E-state index is 9.49. The van der Waals surface area contributed by atoms with Crippen molar-refractivity contribution in [3.8, 4) is 23.4 Å². The van der Waals surface area contributed by atoms with Crippen molar-refractivity contribution in [1.29, 1.82) is 5.26 Å². The van der Waals surface area contributed by atoms with Crippen LogP contribution in [0.15, 0.2) is 18.2 Å². The van der Waals surface area contributed by atoms with Crippen molar-refractivity contribution in [2.45, 2.75) is 6.92 Å². The number of hydrogen-bond donors (Lipinski definition) is 2. The molecule has 1 aromatic heterocycles. The maximum Gasteiger partial charge on any atom is 0.235 e. The van der Waals surface area contributed by atoms with Gasteiger partial charge in [0.1, 0.15) is 23.1 Å². The van der Waals surface area contributed by atoms with Crippen LogP contribution >= 0.6 is 0 Å². The lowest BCUT2D eigenvalue weighted by Gasteiger charge is -2.09. The number of phenols is 1. The smallest absolute Gasteiger partial charge is 0.235 e. The predicted molar refractivity (Wildman–Crippen MR) is 65.3 cm³/mol. The van der Waals surface area contributed by atoms with Gasteiger partial charge in [0.25, 0.3) is 0 Å². The van der Waals surface area contributed by atoms with Crippen LogP contribution < -0.4 is 10.5 Å². The van der Waals surface area contributed by atoms with Gasteiger partial charge in [-0.2, -0.15) is 10.4 Å². The van der Waals surface area contributed by atoms with Gasteiger partial charge in [-0.15, -0.1) is 0 Å². The van der Waals surface area contributed by atoms with Gasteiger partial charge in [0.2, 0.25) is 5.88 Å². The van der Waals surface area contributed by atoms with Gasteiger partial charge in [-0.3, -0.25) is 0 Å². The summed E-state index contributed by atoms with van der Waals surface area (Å²) in [5.41, 5.74) is 6.74. The molecule has 0 atom stereocenters. The monoisotopic (exact) mass is 244 g/mol. The quantitative estimate of drug-likeness (QED) is 0.618. The zero-order valence-electron chi connectivity index (χ0n) is 10.0. The van der Waals surface area contributed by atoms with Gasteiger partial charge in [-0.05, 0) is 19.1 Å². The van der Waals surface area contributed by atoms with Crippen LogP contribution in [0, 0.1) is 18.3 Å². The largest absolute Gasteiger partial charge is 0.506 e. The van der Waals surface area contributed by atoms with Gasteiger partial charge in [-0.1, -0.05) is 6.07 Å². The number of hydrogen-bond acceptors (Lipinski definition) is 5. The third kappa shape index (κ3) is 1.82. The van der Waals surface area contributed by atoms with Crippen LogP contribution in [0.2, 0.25) is 0 Å². The normalized spacial score (nSPS) is 10.1. The number of phenolic OH excluding ortho intramolecular Hbond substituents is 1. The van der Waals surface area contributed by atoms with Crippen LogP contribution in [-0.4, -0.2) is 14.9 Å². The van der Waals surface area contributed by atoms with Crippen LogP contribution in [0.3, 0.4) is 0 Å². The van der Waals surface area contributed by atoms with Gasteiger partial charge >= 0.3 is 0 Å². The number of para-hydroxylation sites is 1. The maximum absolute atomic E-state index is 9.49. The number of ether oxygens (including phenoxy) is 1. The van der Waals surface area contributed by atoms with Crippen molar-refractivity contribution in [2.24, 2.45) is 7.05 Å². The van der Waals surface area contributed by atoms with Crippen LogP contribution in [0.5, 0.6) is 17.4 Å². The Labute approximate surface area is 104 Å². The van der Waals surface area contributed by atoms with E-state index in [1.807, 2.05) is 6.07 Å². The lowest BCUT2D eigenvalue weighted by molar-refractivity contribution is 0.425. The highest BCUT2D eigenvalue weighted by molar-refractivity contribution is 5.63. The highest BCUT2D eigenvalue weighted by atomic mass is 16.5. The molecule has 1 heterocycles. The molecule has 6 nitrogen and oxygen atoms in total. The summed E-state index contributed by atoms with van der Waals surface area (Å²) >= 11 is 0. The fourth-order valence-corrected chi connectivity index (χ4v) is 1.61. The Balaban J connectivity index is 2.47. The molecule has 0 aliphatic carbocycles. The molecule has 0 saturated carbocycles. The molecule has 0 spiro atoms. The molecule has 0 aliphatic rings. The van der Waals surface area contributed by atoms with E-state index in [2.05, 4.69) is 5.10 Å². The minimum atomic E-state index is -0.0649. The Morgan fingerprint density at radius 3 is 2.89 bits per heavy atom. The second-order valence-electron chi connectivity index (χ2n) is 3.79. The Morgan fingerprint density at radius 1 is 1.50 bits per heavy atom. The minimum absolute atomic E-state index is 0.0649. The van der Waals surface area contributed by atoms with Crippen LogP contribution in [0.25, 0.3) is 0 Å². The van der Waals surface area contributed by atoms with Crippen LogP contribution in [0.1, 0.15) is 11.3 Å². The lowest BCUT2D eigenvalue weighted by Crippen LogP contribution is -1.98. The van der Waals surface area contributed by atoms with Crippen molar-refractivity contribution in [1.82, 2.24) is 9.78 Å². The number of aryl methyl sites for hydroxylation is 2. The average molecular weight is 244 g/mol. The molecular formula is C12H12N4O2. The number of aromatic hydroxyl groups is 1. The van der Waals surface area contributed by atoms with E-state index in [-0.39, 0.29) is 17.2 Å². The SMILES string of the molecule is Cc1nn(C)c(Oc2cccc(O)c2N)c1C#N. The van der Waals surface area contributed by atoms with Crippen molar-refractivity contribution in [3.05, 3.63) is 29.5 Å². The van der Waals surface area contributed by atoms with E-state index in [1.54, 1.807) is 26.1 Å². The first-order valence-electron chi connectivity index (χ1n) is 5.23. The number of nitrogen functional groups attached to an aromatic ring is 1. The molecule has 0 unspecified atom stereocenters. The summed E-state index contributed by atoms with van der Waals surface area (Å²) in [7, 11) is 1.67. The Bertz CT molecular complexity index is 640. The average Bonchev–Trinajstić information content (AvgIpc) is 2.59. The van der Waals surface area contributed by atoms with E-state index in [0.717, 1.165) is 0 Å². The van der Waals surface area contributed by atoms with Crippen molar-refractivity contribution >= 4 is 5.69 Å². The number of rotatable bonds is 2. The molecule has 0 radical (unpaired) electrons. The molecule has 2 aromatic rings. The molecule has 2 rings (SSSR count). The number of benzene rings is 1. The van der Waals surface area contributed by atoms with E-state index in [1.165, 1.54) is 10.7 Å². The first-order chi connectivity index (χ1) is 8.54. The number of nitrogens with zero attached hydrogens (tertiary/aromatic N) is 3. The van der Waals surface area contributed by atoms with E-state index < -0.39 is 0 Å². The number of nitriles is 1.